The Morgan fingerprint density at radius 1 is 1.31 bits per heavy atom. The highest BCUT2D eigenvalue weighted by atomic mass is 32.3. The molecule has 0 aromatic rings. The first-order valence-electron chi connectivity index (χ1n) is 4.65. The van der Waals surface area contributed by atoms with E-state index in [9.17, 15) is 12.3 Å². The Morgan fingerprint density at radius 2 is 2.08 bits per heavy atom. The quantitative estimate of drug-likeness (QED) is 0.519. The van der Waals surface area contributed by atoms with Crippen molar-refractivity contribution in [2.75, 3.05) is 5.75 Å². The Hall–Kier alpha value is -0.380. The van der Waals surface area contributed by atoms with Crippen LogP contribution in [0.2, 0.25) is 0 Å². The molecule has 0 amide bonds. The molecule has 2 aliphatic rings. The predicted molar refractivity (Wildman–Crippen MR) is 48.4 cm³/mol. The Bertz CT molecular complexity index is 321. The van der Waals surface area contributed by atoms with Gasteiger partial charge in [0, 0.05) is 0 Å². The number of hydrogen-bond donors (Lipinski definition) is 0. The van der Waals surface area contributed by atoms with Crippen molar-refractivity contribution in [2.24, 2.45) is 17.8 Å². The molecular formula is C9H13FO2S. The maximum Gasteiger partial charge on any atom is 0.302 e. The van der Waals surface area contributed by atoms with Crippen molar-refractivity contribution < 1.29 is 12.3 Å². The summed E-state index contributed by atoms with van der Waals surface area (Å²) in [6, 6.07) is 0. The second kappa shape index (κ2) is 3.08. The third-order valence-electron chi connectivity index (χ3n) is 3.15. The summed E-state index contributed by atoms with van der Waals surface area (Å²) in [6.07, 6.45) is 7.05. The average Bonchev–Trinajstić information content (AvgIpc) is 2.58. The molecule has 0 aromatic carbocycles. The van der Waals surface area contributed by atoms with E-state index in [0.29, 0.717) is 24.2 Å². The summed E-state index contributed by atoms with van der Waals surface area (Å²) in [5.74, 6) is 1.26. The second-order valence-electron chi connectivity index (χ2n) is 4.07. The van der Waals surface area contributed by atoms with E-state index in [1.54, 1.807) is 0 Å². The van der Waals surface area contributed by atoms with Gasteiger partial charge in [0.15, 0.2) is 0 Å². The van der Waals surface area contributed by atoms with Crippen LogP contribution in [0, 0.1) is 17.8 Å². The smallest absolute Gasteiger partial charge is 0.195 e. The van der Waals surface area contributed by atoms with E-state index >= 15 is 0 Å². The van der Waals surface area contributed by atoms with E-state index < -0.39 is 10.2 Å². The van der Waals surface area contributed by atoms with E-state index in [1.807, 2.05) is 0 Å². The SMILES string of the molecule is O=S(=O)(F)CCC1CC2C=CC1C2. The molecule has 74 valence electrons. The highest BCUT2D eigenvalue weighted by Crippen LogP contribution is 2.44. The van der Waals surface area contributed by atoms with Crippen molar-refractivity contribution in [3.63, 3.8) is 0 Å². The Labute approximate surface area is 78.0 Å². The third-order valence-corrected chi connectivity index (χ3v) is 3.87. The molecular weight excluding hydrogens is 191 g/mol. The predicted octanol–water partition coefficient (Wildman–Crippen LogP) is 1.89. The minimum Gasteiger partial charge on any atom is -0.195 e. The largest absolute Gasteiger partial charge is 0.302 e. The number of rotatable bonds is 3. The first kappa shape index (κ1) is 9.19. The molecule has 4 heteroatoms. The molecule has 2 rings (SSSR count). The summed E-state index contributed by atoms with van der Waals surface area (Å²) in [5, 5.41) is 0. The summed E-state index contributed by atoms with van der Waals surface area (Å²) in [4.78, 5) is 0. The Kier molecular flexibility index (Phi) is 2.18. The fourth-order valence-electron chi connectivity index (χ4n) is 2.52. The van der Waals surface area contributed by atoms with Crippen molar-refractivity contribution in [1.82, 2.24) is 0 Å². The lowest BCUT2D eigenvalue weighted by molar-refractivity contribution is 0.429. The molecule has 13 heavy (non-hydrogen) atoms. The molecule has 3 unspecified atom stereocenters. The number of hydrogen-bond acceptors (Lipinski definition) is 2. The Morgan fingerprint density at radius 3 is 2.54 bits per heavy atom. The van der Waals surface area contributed by atoms with Gasteiger partial charge in [0.1, 0.15) is 0 Å². The molecule has 0 aromatic heterocycles. The van der Waals surface area contributed by atoms with E-state index in [1.165, 1.54) is 0 Å². The van der Waals surface area contributed by atoms with Crippen LogP contribution in [-0.4, -0.2) is 14.2 Å². The molecule has 2 nitrogen and oxygen atoms in total. The van der Waals surface area contributed by atoms with Crippen molar-refractivity contribution >= 4 is 10.2 Å². The van der Waals surface area contributed by atoms with Gasteiger partial charge in [0.25, 0.3) is 0 Å². The molecule has 1 saturated carbocycles. The molecule has 0 saturated heterocycles. The van der Waals surface area contributed by atoms with Crippen molar-refractivity contribution in [3.05, 3.63) is 12.2 Å². The van der Waals surface area contributed by atoms with Gasteiger partial charge in [0.2, 0.25) is 0 Å². The summed E-state index contributed by atoms with van der Waals surface area (Å²) < 4.78 is 32.9. The van der Waals surface area contributed by atoms with Crippen LogP contribution < -0.4 is 0 Å². The molecule has 2 bridgehead atoms. The summed E-state index contributed by atoms with van der Waals surface area (Å²) in [7, 11) is -4.25. The monoisotopic (exact) mass is 204 g/mol. The lowest BCUT2D eigenvalue weighted by atomic mass is 9.91. The normalized spacial score (nSPS) is 37.2. The first-order chi connectivity index (χ1) is 6.04. The van der Waals surface area contributed by atoms with Crippen LogP contribution in [0.1, 0.15) is 19.3 Å². The van der Waals surface area contributed by atoms with Gasteiger partial charge >= 0.3 is 10.2 Å². The lowest BCUT2D eigenvalue weighted by Gasteiger charge is -2.16. The van der Waals surface area contributed by atoms with Crippen LogP contribution >= 0.6 is 0 Å². The number of fused-ring (bicyclic) bond motifs is 2. The highest BCUT2D eigenvalue weighted by molar-refractivity contribution is 7.86. The summed E-state index contributed by atoms with van der Waals surface area (Å²) in [6.45, 7) is 0. The van der Waals surface area contributed by atoms with Gasteiger partial charge in [-0.1, -0.05) is 12.2 Å². The van der Waals surface area contributed by atoms with Gasteiger partial charge in [-0.05, 0) is 37.0 Å². The standard InChI is InChI=1S/C9H13FO2S/c10-13(11,12)4-3-9-6-7-1-2-8(9)5-7/h1-2,7-9H,3-6H2. The van der Waals surface area contributed by atoms with Gasteiger partial charge in [-0.3, -0.25) is 0 Å². The zero-order valence-electron chi connectivity index (χ0n) is 7.32. The minimum atomic E-state index is -4.25. The van der Waals surface area contributed by atoms with Crippen molar-refractivity contribution in [3.8, 4) is 0 Å². The molecule has 0 heterocycles. The van der Waals surface area contributed by atoms with Crippen LogP contribution in [0.4, 0.5) is 3.89 Å². The fraction of sp³-hybridized carbons (Fsp3) is 0.778. The Balaban J connectivity index is 1.88. The molecule has 0 aliphatic heterocycles. The number of allylic oxidation sites excluding steroid dienone is 2. The maximum atomic E-state index is 12.2. The zero-order valence-corrected chi connectivity index (χ0v) is 8.13. The van der Waals surface area contributed by atoms with Crippen molar-refractivity contribution in [1.29, 1.82) is 0 Å². The van der Waals surface area contributed by atoms with E-state index in [4.69, 9.17) is 0 Å². The lowest BCUT2D eigenvalue weighted by Crippen LogP contribution is -2.11. The van der Waals surface area contributed by atoms with E-state index in [0.717, 1.165) is 12.8 Å². The molecule has 2 aliphatic carbocycles. The summed E-state index contributed by atoms with van der Waals surface area (Å²) >= 11 is 0. The topological polar surface area (TPSA) is 34.1 Å². The van der Waals surface area contributed by atoms with Crippen LogP contribution in [0.25, 0.3) is 0 Å². The second-order valence-corrected chi connectivity index (χ2v) is 5.56. The zero-order chi connectivity index (χ0) is 9.47. The van der Waals surface area contributed by atoms with Crippen molar-refractivity contribution in [2.45, 2.75) is 19.3 Å². The number of halogens is 1. The molecule has 3 atom stereocenters. The van der Waals surface area contributed by atoms with Crippen LogP contribution in [0.5, 0.6) is 0 Å². The first-order valence-corrected chi connectivity index (χ1v) is 6.20. The van der Waals surface area contributed by atoms with Crippen LogP contribution in [-0.2, 0) is 10.2 Å². The van der Waals surface area contributed by atoms with Gasteiger partial charge < -0.3 is 0 Å². The third kappa shape index (κ3) is 2.10. The van der Waals surface area contributed by atoms with Gasteiger partial charge in [0.05, 0.1) is 5.75 Å². The molecule has 0 radical (unpaired) electrons. The summed E-state index contributed by atoms with van der Waals surface area (Å²) in [5.41, 5.74) is 0. The van der Waals surface area contributed by atoms with Crippen LogP contribution in [0.15, 0.2) is 12.2 Å². The van der Waals surface area contributed by atoms with Crippen LogP contribution in [0.3, 0.4) is 0 Å². The minimum absolute atomic E-state index is 0.297. The maximum absolute atomic E-state index is 12.2. The van der Waals surface area contributed by atoms with Gasteiger partial charge in [-0.15, -0.1) is 3.89 Å². The highest BCUT2D eigenvalue weighted by Gasteiger charge is 2.35. The van der Waals surface area contributed by atoms with E-state index in [2.05, 4.69) is 12.2 Å². The average molecular weight is 204 g/mol. The van der Waals surface area contributed by atoms with Gasteiger partial charge in [-0.25, -0.2) is 0 Å². The molecule has 1 fully saturated rings. The van der Waals surface area contributed by atoms with E-state index in [-0.39, 0.29) is 5.75 Å². The fourth-order valence-corrected chi connectivity index (χ4v) is 3.10. The molecule has 0 N–H and O–H groups in total. The molecule has 0 spiro atoms. The van der Waals surface area contributed by atoms with Gasteiger partial charge in [-0.2, -0.15) is 8.42 Å².